The van der Waals surface area contributed by atoms with Crippen LogP contribution in [0.1, 0.15) is 42.0 Å². The molecule has 0 fully saturated rings. The SMILES string of the molecule is Cc1cc(-c2c3ccc(C(C)C)cc3nc[n+]2C)c(C)c(C)c1F. The Morgan fingerprint density at radius 2 is 1.75 bits per heavy atom. The van der Waals surface area contributed by atoms with Crippen molar-refractivity contribution in [1.82, 2.24) is 4.98 Å². The van der Waals surface area contributed by atoms with Gasteiger partial charge in [0.05, 0.1) is 12.4 Å². The summed E-state index contributed by atoms with van der Waals surface area (Å²) in [5.41, 5.74) is 6.78. The number of benzene rings is 2. The van der Waals surface area contributed by atoms with E-state index in [9.17, 15) is 4.39 Å². The normalized spacial score (nSPS) is 11.5. The summed E-state index contributed by atoms with van der Waals surface area (Å²) in [6, 6.07) is 8.40. The molecule has 0 aliphatic rings. The van der Waals surface area contributed by atoms with Crippen molar-refractivity contribution in [3.05, 3.63) is 58.7 Å². The Kier molecular flexibility index (Phi) is 4.12. The van der Waals surface area contributed by atoms with Crippen molar-refractivity contribution in [3.8, 4) is 11.3 Å². The number of halogens is 1. The first-order valence-electron chi connectivity index (χ1n) is 8.36. The van der Waals surface area contributed by atoms with Crippen LogP contribution in [0, 0.1) is 26.6 Å². The Hall–Kier alpha value is -2.29. The predicted molar refractivity (Wildman–Crippen MR) is 96.6 cm³/mol. The molecule has 0 bridgehead atoms. The van der Waals surface area contributed by atoms with Crippen molar-refractivity contribution in [3.63, 3.8) is 0 Å². The molecule has 0 unspecified atom stereocenters. The minimum atomic E-state index is -0.112. The van der Waals surface area contributed by atoms with Crippen LogP contribution in [0.15, 0.2) is 30.6 Å². The Morgan fingerprint density at radius 3 is 2.42 bits per heavy atom. The van der Waals surface area contributed by atoms with E-state index >= 15 is 0 Å². The average molecular weight is 323 g/mol. The molecule has 0 aliphatic carbocycles. The second kappa shape index (κ2) is 5.97. The summed E-state index contributed by atoms with van der Waals surface area (Å²) in [4.78, 5) is 4.59. The Balaban J connectivity index is 2.36. The second-order valence-corrected chi connectivity index (χ2v) is 6.94. The van der Waals surface area contributed by atoms with E-state index in [0.717, 1.165) is 27.7 Å². The molecule has 0 atom stereocenters. The molecule has 3 heteroatoms. The molecule has 0 spiro atoms. The van der Waals surface area contributed by atoms with E-state index in [1.165, 1.54) is 5.56 Å². The molecule has 2 aromatic carbocycles. The Bertz CT molecular complexity index is 942. The minimum Gasteiger partial charge on any atom is -0.232 e. The van der Waals surface area contributed by atoms with Crippen LogP contribution in [0.5, 0.6) is 0 Å². The van der Waals surface area contributed by atoms with E-state index in [-0.39, 0.29) is 5.82 Å². The lowest BCUT2D eigenvalue weighted by molar-refractivity contribution is -0.662. The zero-order valence-corrected chi connectivity index (χ0v) is 15.2. The van der Waals surface area contributed by atoms with Gasteiger partial charge in [-0.2, -0.15) is 0 Å². The molecular weight excluding hydrogens is 299 g/mol. The topological polar surface area (TPSA) is 16.8 Å². The van der Waals surface area contributed by atoms with Gasteiger partial charge in [-0.3, -0.25) is 0 Å². The highest BCUT2D eigenvalue weighted by Crippen LogP contribution is 2.32. The molecule has 24 heavy (non-hydrogen) atoms. The molecule has 0 amide bonds. The number of nitrogens with zero attached hydrogens (tertiary/aromatic N) is 2. The lowest BCUT2D eigenvalue weighted by Crippen LogP contribution is -2.32. The third-order valence-corrected chi connectivity index (χ3v) is 4.92. The molecule has 3 rings (SSSR count). The summed E-state index contributed by atoms with van der Waals surface area (Å²) in [7, 11) is 1.99. The molecule has 0 aliphatic heterocycles. The third-order valence-electron chi connectivity index (χ3n) is 4.92. The molecule has 0 saturated carbocycles. The van der Waals surface area contributed by atoms with Gasteiger partial charge in [-0.15, -0.1) is 0 Å². The van der Waals surface area contributed by atoms with E-state index in [4.69, 9.17) is 0 Å². The minimum absolute atomic E-state index is 0.112. The van der Waals surface area contributed by atoms with Crippen LogP contribution in [-0.4, -0.2) is 4.98 Å². The van der Waals surface area contributed by atoms with Gasteiger partial charge < -0.3 is 0 Å². The van der Waals surface area contributed by atoms with E-state index in [0.29, 0.717) is 17.0 Å². The maximum Gasteiger partial charge on any atom is 0.287 e. The first-order valence-corrected chi connectivity index (χ1v) is 8.36. The molecule has 0 N–H and O–H groups in total. The second-order valence-electron chi connectivity index (χ2n) is 6.94. The van der Waals surface area contributed by atoms with Gasteiger partial charge in [0.1, 0.15) is 11.5 Å². The number of aromatic nitrogens is 2. The monoisotopic (exact) mass is 323 g/mol. The highest BCUT2D eigenvalue weighted by molar-refractivity contribution is 5.92. The predicted octanol–water partition coefficient (Wildman–Crippen LogP) is 4.91. The summed E-state index contributed by atoms with van der Waals surface area (Å²) >= 11 is 0. The van der Waals surface area contributed by atoms with Crippen molar-refractivity contribution in [2.75, 3.05) is 0 Å². The average Bonchev–Trinajstić information content (AvgIpc) is 2.56. The first-order chi connectivity index (χ1) is 11.3. The van der Waals surface area contributed by atoms with Crippen molar-refractivity contribution >= 4 is 10.9 Å². The van der Waals surface area contributed by atoms with Crippen LogP contribution < -0.4 is 4.57 Å². The quantitative estimate of drug-likeness (QED) is 0.612. The summed E-state index contributed by atoms with van der Waals surface area (Å²) in [6.07, 6.45) is 1.84. The van der Waals surface area contributed by atoms with Gasteiger partial charge in [0.15, 0.2) is 5.52 Å². The highest BCUT2D eigenvalue weighted by Gasteiger charge is 2.20. The molecule has 124 valence electrons. The smallest absolute Gasteiger partial charge is 0.232 e. The summed E-state index contributed by atoms with van der Waals surface area (Å²) < 4.78 is 16.2. The fourth-order valence-corrected chi connectivity index (χ4v) is 3.24. The van der Waals surface area contributed by atoms with Crippen LogP contribution in [-0.2, 0) is 7.05 Å². The first kappa shape index (κ1) is 16.6. The molecule has 0 saturated heterocycles. The van der Waals surface area contributed by atoms with Crippen LogP contribution in [0.3, 0.4) is 0 Å². The number of hydrogen-bond donors (Lipinski definition) is 0. The Labute approximate surface area is 143 Å². The molecule has 3 aromatic rings. The fraction of sp³-hybridized carbons (Fsp3) is 0.333. The van der Waals surface area contributed by atoms with E-state index in [2.05, 4.69) is 37.0 Å². The zero-order valence-electron chi connectivity index (χ0n) is 15.2. The van der Waals surface area contributed by atoms with E-state index < -0.39 is 0 Å². The molecule has 1 aromatic heterocycles. The number of rotatable bonds is 2. The zero-order chi connectivity index (χ0) is 17.6. The number of fused-ring (bicyclic) bond motifs is 1. The fourth-order valence-electron chi connectivity index (χ4n) is 3.24. The standard InChI is InChI=1S/C21H24FN2/c1-12(2)16-7-8-17-19(10-16)23-11-24(6)21(17)18-9-13(3)20(22)15(5)14(18)4/h7-12H,1-6H3/q+1. The molecule has 2 nitrogen and oxygen atoms in total. The van der Waals surface area contributed by atoms with Gasteiger partial charge in [0, 0.05) is 5.56 Å². The van der Waals surface area contributed by atoms with E-state index in [1.54, 1.807) is 0 Å². The van der Waals surface area contributed by atoms with Crippen molar-refractivity contribution < 1.29 is 8.96 Å². The van der Waals surface area contributed by atoms with Crippen LogP contribution >= 0.6 is 0 Å². The highest BCUT2D eigenvalue weighted by atomic mass is 19.1. The lowest BCUT2D eigenvalue weighted by atomic mass is 9.94. The van der Waals surface area contributed by atoms with Crippen LogP contribution in [0.25, 0.3) is 22.2 Å². The summed E-state index contributed by atoms with van der Waals surface area (Å²) in [6.45, 7) is 10.0. The van der Waals surface area contributed by atoms with Crippen molar-refractivity contribution in [2.45, 2.75) is 40.5 Å². The number of hydrogen-bond acceptors (Lipinski definition) is 1. The van der Waals surface area contributed by atoms with Crippen LogP contribution in [0.2, 0.25) is 0 Å². The summed E-state index contributed by atoms with van der Waals surface area (Å²) in [5, 5.41) is 1.10. The molecule has 1 heterocycles. The van der Waals surface area contributed by atoms with Crippen molar-refractivity contribution in [2.24, 2.45) is 7.05 Å². The summed E-state index contributed by atoms with van der Waals surface area (Å²) in [5.74, 6) is 0.352. The van der Waals surface area contributed by atoms with Gasteiger partial charge in [0.2, 0.25) is 0 Å². The van der Waals surface area contributed by atoms with Crippen LogP contribution in [0.4, 0.5) is 4.39 Å². The van der Waals surface area contributed by atoms with E-state index in [1.807, 2.05) is 44.8 Å². The largest absolute Gasteiger partial charge is 0.287 e. The molecule has 0 radical (unpaired) electrons. The molecular formula is C21H24FN2+. The van der Waals surface area contributed by atoms with Gasteiger partial charge in [-0.05, 0) is 72.1 Å². The maximum atomic E-state index is 14.2. The number of aryl methyl sites for hydroxylation is 2. The van der Waals surface area contributed by atoms with Gasteiger partial charge in [0.25, 0.3) is 6.33 Å². The van der Waals surface area contributed by atoms with Gasteiger partial charge in [-0.25, -0.2) is 8.96 Å². The Morgan fingerprint density at radius 1 is 1.04 bits per heavy atom. The van der Waals surface area contributed by atoms with Crippen molar-refractivity contribution in [1.29, 1.82) is 0 Å². The third kappa shape index (κ3) is 2.58. The maximum absolute atomic E-state index is 14.2. The van der Waals surface area contributed by atoms with Gasteiger partial charge in [-0.1, -0.05) is 19.9 Å². The van der Waals surface area contributed by atoms with Gasteiger partial charge >= 0.3 is 0 Å². The lowest BCUT2D eigenvalue weighted by Gasteiger charge is -2.14.